The highest BCUT2D eigenvalue weighted by molar-refractivity contribution is 6.02. The lowest BCUT2D eigenvalue weighted by Gasteiger charge is -2.29. The van der Waals surface area contributed by atoms with Crippen LogP contribution in [0.25, 0.3) is 0 Å². The van der Waals surface area contributed by atoms with Gasteiger partial charge in [-0.05, 0) is 48.8 Å². The first-order valence-corrected chi connectivity index (χ1v) is 10.6. The number of ketones is 1. The number of carbonyl (C=O) groups excluding carboxylic acids is 2. The molecule has 0 bridgehead atoms. The quantitative estimate of drug-likeness (QED) is 0.811. The van der Waals surface area contributed by atoms with Gasteiger partial charge in [-0.1, -0.05) is 19.9 Å². The first-order chi connectivity index (χ1) is 14.3. The summed E-state index contributed by atoms with van der Waals surface area (Å²) < 4.78 is 0. The highest BCUT2D eigenvalue weighted by Gasteiger charge is 2.32. The van der Waals surface area contributed by atoms with Crippen LogP contribution in [0.4, 0.5) is 5.82 Å². The largest absolute Gasteiger partial charge is 0.357 e. The molecule has 1 saturated heterocycles. The van der Waals surface area contributed by atoms with Gasteiger partial charge >= 0.3 is 0 Å². The minimum Gasteiger partial charge on any atom is -0.357 e. The molecule has 7 heteroatoms. The number of nitrogens with one attached hydrogen (secondary N) is 2. The molecule has 0 saturated carbocycles. The number of aromatic nitrogens is 2. The van der Waals surface area contributed by atoms with Crippen LogP contribution in [0.5, 0.6) is 0 Å². The van der Waals surface area contributed by atoms with E-state index >= 15 is 0 Å². The lowest BCUT2D eigenvalue weighted by atomic mass is 9.75. The number of H-pyrrole nitrogens is 1. The van der Waals surface area contributed by atoms with Crippen LogP contribution in [0.1, 0.15) is 71.5 Å². The third-order valence-electron chi connectivity index (χ3n) is 5.90. The topological polar surface area (TPSA) is 95.2 Å². The molecule has 1 fully saturated rings. The molecule has 2 aromatic rings. The number of hydrogen-bond acceptors (Lipinski definition) is 5. The zero-order valence-electron chi connectivity index (χ0n) is 17.6. The third-order valence-corrected chi connectivity index (χ3v) is 5.90. The van der Waals surface area contributed by atoms with E-state index in [9.17, 15) is 14.4 Å². The molecule has 1 aliphatic heterocycles. The second kappa shape index (κ2) is 8.05. The number of pyridine rings is 2. The molecular weight excluding hydrogens is 380 g/mol. The molecule has 0 atom stereocenters. The summed E-state index contributed by atoms with van der Waals surface area (Å²) in [5.41, 5.74) is 1.25. The maximum Gasteiger partial charge on any atom is 0.261 e. The number of piperidine rings is 1. The first kappa shape index (κ1) is 20.3. The molecule has 4 rings (SSSR count). The van der Waals surface area contributed by atoms with Crippen LogP contribution in [0.15, 0.2) is 29.2 Å². The summed E-state index contributed by atoms with van der Waals surface area (Å²) in [5.74, 6) is 0.429. The van der Waals surface area contributed by atoms with E-state index in [4.69, 9.17) is 0 Å². The van der Waals surface area contributed by atoms with Crippen molar-refractivity contribution in [2.75, 3.05) is 18.0 Å². The summed E-state index contributed by atoms with van der Waals surface area (Å²) in [7, 11) is 0. The van der Waals surface area contributed by atoms with Crippen molar-refractivity contribution in [1.82, 2.24) is 15.3 Å². The van der Waals surface area contributed by atoms with E-state index in [1.54, 1.807) is 6.20 Å². The molecule has 2 aliphatic rings. The van der Waals surface area contributed by atoms with Gasteiger partial charge in [-0.25, -0.2) is 4.98 Å². The Hall–Kier alpha value is -2.96. The van der Waals surface area contributed by atoms with Gasteiger partial charge in [0.05, 0.1) is 0 Å². The molecule has 0 radical (unpaired) electrons. The van der Waals surface area contributed by atoms with Crippen molar-refractivity contribution in [2.24, 2.45) is 5.41 Å². The highest BCUT2D eigenvalue weighted by atomic mass is 16.2. The van der Waals surface area contributed by atoms with Crippen molar-refractivity contribution < 1.29 is 9.59 Å². The van der Waals surface area contributed by atoms with Crippen LogP contribution < -0.4 is 15.8 Å². The lowest BCUT2D eigenvalue weighted by molar-refractivity contribution is 0.0910. The first-order valence-electron chi connectivity index (χ1n) is 10.6. The number of amides is 1. The Kier molecular flexibility index (Phi) is 5.45. The van der Waals surface area contributed by atoms with Crippen molar-refractivity contribution in [2.45, 2.75) is 52.5 Å². The summed E-state index contributed by atoms with van der Waals surface area (Å²) in [5, 5.41) is 2.77. The number of hydrogen-bond donors (Lipinski definition) is 2. The van der Waals surface area contributed by atoms with Gasteiger partial charge in [-0.3, -0.25) is 14.4 Å². The van der Waals surface area contributed by atoms with Gasteiger partial charge in [-0.2, -0.15) is 0 Å². The van der Waals surface area contributed by atoms with Crippen molar-refractivity contribution in [3.63, 3.8) is 0 Å². The monoisotopic (exact) mass is 408 g/mol. The third kappa shape index (κ3) is 4.30. The molecule has 7 nitrogen and oxygen atoms in total. The van der Waals surface area contributed by atoms with Crippen LogP contribution in [-0.2, 0) is 13.0 Å². The molecule has 2 aromatic heterocycles. The zero-order valence-corrected chi connectivity index (χ0v) is 17.6. The number of carbonyl (C=O) groups is 2. The molecule has 30 heavy (non-hydrogen) atoms. The van der Waals surface area contributed by atoms with Crippen molar-refractivity contribution in [3.05, 3.63) is 57.1 Å². The van der Waals surface area contributed by atoms with E-state index in [2.05, 4.69) is 20.2 Å². The Labute approximate surface area is 175 Å². The Balaban J connectivity index is 1.44. The van der Waals surface area contributed by atoms with E-state index in [0.29, 0.717) is 24.1 Å². The Bertz CT molecular complexity index is 1020. The molecular formula is C23H28N4O3. The van der Waals surface area contributed by atoms with Gasteiger partial charge < -0.3 is 15.2 Å². The van der Waals surface area contributed by atoms with Gasteiger partial charge in [0.25, 0.3) is 11.5 Å². The van der Waals surface area contributed by atoms with Gasteiger partial charge in [0.1, 0.15) is 11.4 Å². The fourth-order valence-electron chi connectivity index (χ4n) is 4.31. The number of anilines is 1. The van der Waals surface area contributed by atoms with Crippen LogP contribution in [0.2, 0.25) is 0 Å². The van der Waals surface area contributed by atoms with E-state index in [1.165, 1.54) is 25.3 Å². The predicted octanol–water partition coefficient (Wildman–Crippen LogP) is 2.85. The predicted molar refractivity (Wildman–Crippen MR) is 115 cm³/mol. The molecule has 1 aliphatic carbocycles. The van der Waals surface area contributed by atoms with Crippen LogP contribution >= 0.6 is 0 Å². The van der Waals surface area contributed by atoms with E-state index in [0.717, 1.165) is 24.5 Å². The number of Topliss-reactive ketones (excluding diaryl/α,β-unsaturated/α-hetero) is 1. The summed E-state index contributed by atoms with van der Waals surface area (Å²) in [4.78, 5) is 47.0. The summed E-state index contributed by atoms with van der Waals surface area (Å²) in [6.07, 6.45) is 6.42. The molecule has 1 amide bonds. The smallest absolute Gasteiger partial charge is 0.261 e. The van der Waals surface area contributed by atoms with Crippen LogP contribution in [0, 0.1) is 5.41 Å². The SMILES string of the molecule is CC1(C)CC(=O)c2cc(C(=O)NCc3ccc(N4CCCCC4)nc3)c(=O)[nH]c2C1. The second-order valence-corrected chi connectivity index (χ2v) is 9.10. The van der Waals surface area contributed by atoms with Gasteiger partial charge in [-0.15, -0.1) is 0 Å². The summed E-state index contributed by atoms with van der Waals surface area (Å²) in [6, 6.07) is 5.36. The molecule has 0 unspecified atom stereocenters. The fraction of sp³-hybridized carbons (Fsp3) is 0.478. The summed E-state index contributed by atoms with van der Waals surface area (Å²) >= 11 is 0. The van der Waals surface area contributed by atoms with Gasteiger partial charge in [0.15, 0.2) is 5.78 Å². The minimum absolute atomic E-state index is 0.0281. The minimum atomic E-state index is -0.489. The lowest BCUT2D eigenvalue weighted by Crippen LogP contribution is -2.34. The molecule has 2 N–H and O–H groups in total. The van der Waals surface area contributed by atoms with E-state index in [1.807, 2.05) is 26.0 Å². The maximum atomic E-state index is 12.6. The number of fused-ring (bicyclic) bond motifs is 1. The van der Waals surface area contributed by atoms with Crippen molar-refractivity contribution in [3.8, 4) is 0 Å². The maximum absolute atomic E-state index is 12.6. The van der Waals surface area contributed by atoms with Gasteiger partial charge in [0, 0.05) is 43.5 Å². The van der Waals surface area contributed by atoms with E-state index in [-0.39, 0.29) is 23.3 Å². The second-order valence-electron chi connectivity index (χ2n) is 9.10. The number of rotatable bonds is 4. The van der Waals surface area contributed by atoms with Gasteiger partial charge in [0.2, 0.25) is 0 Å². The van der Waals surface area contributed by atoms with Crippen LogP contribution in [0.3, 0.4) is 0 Å². The average molecular weight is 409 g/mol. The normalized spacial score (nSPS) is 18.1. The number of aromatic amines is 1. The number of nitrogens with zero attached hydrogens (tertiary/aromatic N) is 2. The van der Waals surface area contributed by atoms with Crippen molar-refractivity contribution in [1.29, 1.82) is 0 Å². The molecule has 3 heterocycles. The van der Waals surface area contributed by atoms with Crippen molar-refractivity contribution >= 4 is 17.5 Å². The Morgan fingerprint density at radius 3 is 2.63 bits per heavy atom. The molecule has 0 spiro atoms. The summed E-state index contributed by atoms with van der Waals surface area (Å²) in [6.45, 7) is 6.32. The highest BCUT2D eigenvalue weighted by Crippen LogP contribution is 2.33. The van der Waals surface area contributed by atoms with Crippen LogP contribution in [-0.4, -0.2) is 34.7 Å². The molecule has 0 aromatic carbocycles. The Morgan fingerprint density at radius 1 is 1.17 bits per heavy atom. The zero-order chi connectivity index (χ0) is 21.3. The van der Waals surface area contributed by atoms with E-state index < -0.39 is 11.5 Å². The fourth-order valence-corrected chi connectivity index (χ4v) is 4.31. The average Bonchev–Trinajstić information content (AvgIpc) is 2.72. The standard InChI is InChI=1S/C23H28N4O3/c1-23(2)11-18-16(19(28)12-23)10-17(22(30)26-18)21(29)25-14-15-6-7-20(24-13-15)27-8-4-3-5-9-27/h6-7,10,13H,3-5,8-9,11-12,14H2,1-2H3,(H,25,29)(H,26,30). The Morgan fingerprint density at radius 2 is 1.93 bits per heavy atom. The molecule has 158 valence electrons.